The van der Waals surface area contributed by atoms with Crippen molar-refractivity contribution in [3.8, 4) is 5.75 Å². The Labute approximate surface area is 149 Å². The van der Waals surface area contributed by atoms with Crippen LogP contribution in [0.4, 0.5) is 0 Å². The average Bonchev–Trinajstić information content (AvgIpc) is 2.50. The number of carbonyl (C=O) groups is 1. The summed E-state index contributed by atoms with van der Waals surface area (Å²) in [5.41, 5.74) is 1.64. The molecule has 1 aliphatic heterocycles. The van der Waals surface area contributed by atoms with Gasteiger partial charge in [-0.15, -0.1) is 0 Å². The number of hydrogen-bond acceptors (Lipinski definition) is 5. The minimum atomic E-state index is -2.92. The third kappa shape index (κ3) is 6.66. The maximum Gasteiger partial charge on any atom is 0.307 e. The van der Waals surface area contributed by atoms with E-state index in [1.165, 1.54) is 0 Å². The zero-order valence-electron chi connectivity index (χ0n) is 14.9. The lowest BCUT2D eigenvalue weighted by Crippen LogP contribution is -2.39. The Morgan fingerprint density at radius 2 is 1.96 bits per heavy atom. The van der Waals surface area contributed by atoms with Gasteiger partial charge in [-0.05, 0) is 24.0 Å². The molecule has 1 saturated heterocycles. The summed E-state index contributed by atoms with van der Waals surface area (Å²) < 4.78 is 29.1. The van der Waals surface area contributed by atoms with Crippen molar-refractivity contribution in [2.24, 2.45) is 5.92 Å². The minimum absolute atomic E-state index is 0.0341. The molecular weight excluding hydrogens is 342 g/mol. The molecule has 1 N–H and O–H groups in total. The van der Waals surface area contributed by atoms with Crippen LogP contribution < -0.4 is 4.74 Å². The van der Waals surface area contributed by atoms with Crippen LogP contribution in [0.2, 0.25) is 0 Å². The standard InChI is InChI=1S/C18H27NO5S/c1-14(2)5-8-24-17-4-3-15(12-18(20)21)11-16(17)13-19-6-9-25(22,23)10-7-19/h3-4,11,14H,5-10,12-13H2,1-2H3,(H,20,21). The molecule has 0 radical (unpaired) electrons. The number of hydrogen-bond donors (Lipinski definition) is 1. The molecule has 2 rings (SSSR count). The molecule has 140 valence electrons. The SMILES string of the molecule is CC(C)CCOc1ccc(CC(=O)O)cc1CN1CCS(=O)(=O)CC1. The van der Waals surface area contributed by atoms with Crippen molar-refractivity contribution in [2.75, 3.05) is 31.2 Å². The van der Waals surface area contributed by atoms with E-state index in [0.29, 0.717) is 32.2 Å². The van der Waals surface area contributed by atoms with Crippen molar-refractivity contribution < 1.29 is 23.1 Å². The quantitative estimate of drug-likeness (QED) is 0.754. The number of sulfone groups is 1. The third-order valence-electron chi connectivity index (χ3n) is 4.26. The third-order valence-corrected chi connectivity index (χ3v) is 5.87. The Morgan fingerprint density at radius 1 is 1.28 bits per heavy atom. The maximum absolute atomic E-state index is 11.6. The first kappa shape index (κ1) is 19.7. The number of benzene rings is 1. The van der Waals surface area contributed by atoms with Gasteiger partial charge < -0.3 is 9.84 Å². The topological polar surface area (TPSA) is 83.9 Å². The fourth-order valence-electron chi connectivity index (χ4n) is 2.74. The Bertz CT molecular complexity index is 685. The van der Waals surface area contributed by atoms with Gasteiger partial charge >= 0.3 is 5.97 Å². The van der Waals surface area contributed by atoms with Crippen LogP contribution in [0.15, 0.2) is 18.2 Å². The van der Waals surface area contributed by atoms with E-state index in [2.05, 4.69) is 18.7 Å². The predicted octanol–water partition coefficient (Wildman–Crippen LogP) is 1.97. The Hall–Kier alpha value is -1.60. The zero-order chi connectivity index (χ0) is 18.4. The molecule has 1 aliphatic rings. The summed E-state index contributed by atoms with van der Waals surface area (Å²) >= 11 is 0. The summed E-state index contributed by atoms with van der Waals surface area (Å²) in [6.07, 6.45) is 0.909. The largest absolute Gasteiger partial charge is 0.493 e. The molecule has 1 aromatic carbocycles. The van der Waals surface area contributed by atoms with Crippen LogP contribution in [0.5, 0.6) is 5.75 Å². The molecule has 6 nitrogen and oxygen atoms in total. The van der Waals surface area contributed by atoms with Crippen molar-refractivity contribution in [3.05, 3.63) is 29.3 Å². The summed E-state index contributed by atoms with van der Waals surface area (Å²) in [6, 6.07) is 5.47. The van der Waals surface area contributed by atoms with Gasteiger partial charge in [-0.25, -0.2) is 8.42 Å². The van der Waals surface area contributed by atoms with E-state index in [0.717, 1.165) is 23.3 Å². The average molecular weight is 369 g/mol. The summed E-state index contributed by atoms with van der Waals surface area (Å²) in [4.78, 5) is 13.0. The molecule has 0 amide bonds. The van der Waals surface area contributed by atoms with E-state index < -0.39 is 15.8 Å². The molecule has 0 spiro atoms. The van der Waals surface area contributed by atoms with Crippen LogP contribution in [-0.2, 0) is 27.6 Å². The fraction of sp³-hybridized carbons (Fsp3) is 0.611. The first-order valence-electron chi connectivity index (χ1n) is 8.64. The molecule has 0 atom stereocenters. The normalized spacial score (nSPS) is 17.6. The molecule has 0 unspecified atom stereocenters. The van der Waals surface area contributed by atoms with Gasteiger partial charge in [-0.2, -0.15) is 0 Å². The number of carboxylic acid groups (broad SMARTS) is 1. The highest BCUT2D eigenvalue weighted by molar-refractivity contribution is 7.91. The first-order valence-corrected chi connectivity index (χ1v) is 10.5. The maximum atomic E-state index is 11.6. The molecule has 0 aromatic heterocycles. The van der Waals surface area contributed by atoms with Crippen molar-refractivity contribution in [1.82, 2.24) is 4.90 Å². The Kier molecular flexibility index (Phi) is 6.84. The molecule has 0 aliphatic carbocycles. The van der Waals surface area contributed by atoms with E-state index in [9.17, 15) is 13.2 Å². The first-order chi connectivity index (χ1) is 11.7. The summed E-state index contributed by atoms with van der Waals surface area (Å²) in [7, 11) is -2.92. The van der Waals surface area contributed by atoms with Crippen molar-refractivity contribution in [3.63, 3.8) is 0 Å². The Balaban J connectivity index is 2.11. The zero-order valence-corrected chi connectivity index (χ0v) is 15.7. The van der Waals surface area contributed by atoms with Crippen LogP contribution in [0.1, 0.15) is 31.4 Å². The molecule has 0 bridgehead atoms. The van der Waals surface area contributed by atoms with Crippen molar-refractivity contribution in [1.29, 1.82) is 0 Å². The van der Waals surface area contributed by atoms with Gasteiger partial charge in [0.2, 0.25) is 0 Å². The van der Waals surface area contributed by atoms with Crippen LogP contribution in [0, 0.1) is 5.92 Å². The van der Waals surface area contributed by atoms with Gasteiger partial charge in [0, 0.05) is 25.2 Å². The second-order valence-corrected chi connectivity index (χ2v) is 9.28. The van der Waals surface area contributed by atoms with E-state index in [4.69, 9.17) is 9.84 Å². The molecule has 1 aromatic rings. The van der Waals surface area contributed by atoms with Gasteiger partial charge in [-0.3, -0.25) is 9.69 Å². The summed E-state index contributed by atoms with van der Waals surface area (Å²) in [5, 5.41) is 9.00. The lowest BCUT2D eigenvalue weighted by molar-refractivity contribution is -0.136. The molecule has 1 fully saturated rings. The second kappa shape index (κ2) is 8.67. The number of rotatable bonds is 8. The van der Waals surface area contributed by atoms with Gasteiger partial charge in [0.25, 0.3) is 0 Å². The summed E-state index contributed by atoms with van der Waals surface area (Å²) in [5.74, 6) is 0.769. The molecule has 7 heteroatoms. The van der Waals surface area contributed by atoms with Crippen LogP contribution >= 0.6 is 0 Å². The Morgan fingerprint density at radius 3 is 2.56 bits per heavy atom. The van der Waals surface area contributed by atoms with Crippen molar-refractivity contribution >= 4 is 15.8 Å². The molecule has 0 saturated carbocycles. The number of carboxylic acids is 1. The highest BCUT2D eigenvalue weighted by atomic mass is 32.2. The van der Waals surface area contributed by atoms with Crippen LogP contribution in [-0.4, -0.2) is 55.6 Å². The molecule has 1 heterocycles. The predicted molar refractivity (Wildman–Crippen MR) is 96.7 cm³/mol. The van der Waals surface area contributed by atoms with Gasteiger partial charge in [0.15, 0.2) is 9.84 Å². The lowest BCUT2D eigenvalue weighted by atomic mass is 10.1. The highest BCUT2D eigenvalue weighted by Crippen LogP contribution is 2.24. The van der Waals surface area contributed by atoms with E-state index in [1.54, 1.807) is 6.07 Å². The number of aliphatic carboxylic acids is 1. The van der Waals surface area contributed by atoms with E-state index in [1.807, 2.05) is 12.1 Å². The van der Waals surface area contributed by atoms with Crippen LogP contribution in [0.3, 0.4) is 0 Å². The summed E-state index contributed by atoms with van der Waals surface area (Å²) in [6.45, 7) is 6.44. The fourth-order valence-corrected chi connectivity index (χ4v) is 4.01. The molecular formula is C18H27NO5S. The second-order valence-electron chi connectivity index (χ2n) is 6.97. The van der Waals surface area contributed by atoms with Crippen molar-refractivity contribution in [2.45, 2.75) is 33.2 Å². The van der Waals surface area contributed by atoms with Gasteiger partial charge in [0.05, 0.1) is 24.5 Å². The highest BCUT2D eigenvalue weighted by Gasteiger charge is 2.22. The monoisotopic (exact) mass is 369 g/mol. The van der Waals surface area contributed by atoms with Gasteiger partial charge in [0.1, 0.15) is 5.75 Å². The van der Waals surface area contributed by atoms with E-state index in [-0.39, 0.29) is 17.9 Å². The van der Waals surface area contributed by atoms with Crippen LogP contribution in [0.25, 0.3) is 0 Å². The van der Waals surface area contributed by atoms with Gasteiger partial charge in [-0.1, -0.05) is 26.0 Å². The number of nitrogens with zero attached hydrogens (tertiary/aromatic N) is 1. The minimum Gasteiger partial charge on any atom is -0.493 e. The molecule has 25 heavy (non-hydrogen) atoms. The number of ether oxygens (including phenoxy) is 1. The lowest BCUT2D eigenvalue weighted by Gasteiger charge is -2.27. The van der Waals surface area contributed by atoms with E-state index >= 15 is 0 Å². The smallest absolute Gasteiger partial charge is 0.307 e.